The number of carbonyl (C=O) groups excluding carboxylic acids is 2. The zero-order valence-corrected chi connectivity index (χ0v) is 14.3. The Bertz CT molecular complexity index is 774. The van der Waals surface area contributed by atoms with Crippen molar-refractivity contribution >= 4 is 29.1 Å². The van der Waals surface area contributed by atoms with Gasteiger partial charge in [-0.1, -0.05) is 28.9 Å². The molecule has 1 fully saturated rings. The van der Waals surface area contributed by atoms with Crippen molar-refractivity contribution in [3.8, 4) is 0 Å². The molecular weight excluding hydrogens is 330 g/mol. The molecule has 3 rings (SSSR count). The average Bonchev–Trinajstić information content (AvgIpc) is 3.13. The van der Waals surface area contributed by atoms with Crippen LogP contribution in [0.25, 0.3) is 0 Å². The van der Waals surface area contributed by atoms with E-state index in [0.717, 1.165) is 0 Å². The number of rotatable bonds is 4. The van der Waals surface area contributed by atoms with Gasteiger partial charge in [0.25, 0.3) is 0 Å². The quantitative estimate of drug-likeness (QED) is 0.852. The number of likely N-dealkylation sites (N-methyl/N-ethyl adjacent to an activating group) is 1. The average molecular weight is 348 g/mol. The maximum Gasteiger partial charge on any atom is 0.249 e. The fourth-order valence-electron chi connectivity index (χ4n) is 2.89. The highest BCUT2D eigenvalue weighted by Gasteiger charge is 2.37. The van der Waals surface area contributed by atoms with E-state index in [-0.39, 0.29) is 18.2 Å². The molecule has 1 aromatic heterocycles. The van der Waals surface area contributed by atoms with Gasteiger partial charge in [-0.05, 0) is 25.5 Å². The van der Waals surface area contributed by atoms with Crippen molar-refractivity contribution in [3.05, 3.63) is 46.8 Å². The number of aromatic nitrogens is 1. The van der Waals surface area contributed by atoms with Crippen molar-refractivity contribution < 1.29 is 14.1 Å². The van der Waals surface area contributed by atoms with Gasteiger partial charge in [0.1, 0.15) is 11.8 Å². The second-order valence-corrected chi connectivity index (χ2v) is 6.26. The first-order chi connectivity index (χ1) is 11.5. The summed E-state index contributed by atoms with van der Waals surface area (Å²) in [5.41, 5.74) is 1.25. The molecule has 1 aliphatic rings. The fraction of sp³-hybridized carbons (Fsp3) is 0.353. The van der Waals surface area contributed by atoms with Crippen molar-refractivity contribution in [2.45, 2.75) is 25.8 Å². The van der Waals surface area contributed by atoms with E-state index in [1.54, 1.807) is 31.0 Å². The highest BCUT2D eigenvalue weighted by atomic mass is 35.5. The Hall–Kier alpha value is -2.34. The van der Waals surface area contributed by atoms with Gasteiger partial charge in [0.05, 0.1) is 22.8 Å². The maximum atomic E-state index is 12.7. The molecular formula is C17H18ClN3O3. The highest BCUT2D eigenvalue weighted by Crippen LogP contribution is 2.30. The van der Waals surface area contributed by atoms with E-state index in [4.69, 9.17) is 16.1 Å². The van der Waals surface area contributed by atoms with Crippen LogP contribution in [0.2, 0.25) is 5.02 Å². The van der Waals surface area contributed by atoms with Gasteiger partial charge < -0.3 is 14.3 Å². The Kier molecular flexibility index (Phi) is 4.57. The first kappa shape index (κ1) is 16.5. The lowest BCUT2D eigenvalue weighted by atomic mass is 10.2. The second kappa shape index (κ2) is 6.65. The van der Waals surface area contributed by atoms with Gasteiger partial charge in [-0.3, -0.25) is 9.59 Å². The first-order valence-electron chi connectivity index (χ1n) is 7.71. The van der Waals surface area contributed by atoms with E-state index in [2.05, 4.69) is 5.16 Å². The first-order valence-corrected chi connectivity index (χ1v) is 8.09. The number of aryl methyl sites for hydroxylation is 1. The molecule has 1 unspecified atom stereocenters. The predicted molar refractivity (Wildman–Crippen MR) is 89.9 cm³/mol. The molecule has 1 aromatic carbocycles. The summed E-state index contributed by atoms with van der Waals surface area (Å²) in [5, 5.41) is 4.35. The summed E-state index contributed by atoms with van der Waals surface area (Å²) in [5.74, 6) is 0.375. The number of nitrogens with zero attached hydrogens (tertiary/aromatic N) is 3. The Morgan fingerprint density at radius 3 is 2.88 bits per heavy atom. The van der Waals surface area contributed by atoms with Crippen LogP contribution in [0.5, 0.6) is 0 Å². The minimum absolute atomic E-state index is 0.115. The van der Waals surface area contributed by atoms with Crippen molar-refractivity contribution in [2.75, 3.05) is 18.5 Å². The van der Waals surface area contributed by atoms with Crippen molar-refractivity contribution in [3.63, 3.8) is 0 Å². The Balaban J connectivity index is 1.70. The molecule has 7 heteroatoms. The Labute approximate surface area is 145 Å². The SMILES string of the molecule is Cc1cc(CC(=O)N(C)C2CCN(c3ccccc3Cl)C2=O)no1. The van der Waals surface area contributed by atoms with E-state index in [9.17, 15) is 9.59 Å². The van der Waals surface area contributed by atoms with E-state index in [1.807, 2.05) is 18.2 Å². The standard InChI is InChI=1S/C17H18ClN3O3/c1-11-9-12(19-24-11)10-16(22)20(2)15-7-8-21(17(15)23)14-6-4-3-5-13(14)18/h3-6,9,15H,7-8,10H2,1-2H3. The third-order valence-electron chi connectivity index (χ3n) is 4.19. The van der Waals surface area contributed by atoms with Crippen LogP contribution in [0.3, 0.4) is 0 Å². The number of hydrogen-bond acceptors (Lipinski definition) is 4. The molecule has 2 aromatic rings. The summed E-state index contributed by atoms with van der Waals surface area (Å²) in [6.07, 6.45) is 0.688. The van der Waals surface area contributed by atoms with E-state index < -0.39 is 6.04 Å². The van der Waals surface area contributed by atoms with Crippen LogP contribution in [0.15, 0.2) is 34.9 Å². The van der Waals surface area contributed by atoms with Gasteiger partial charge in [-0.15, -0.1) is 0 Å². The van der Waals surface area contributed by atoms with E-state index in [0.29, 0.717) is 35.1 Å². The van der Waals surface area contributed by atoms with Gasteiger partial charge in [0, 0.05) is 19.7 Å². The Morgan fingerprint density at radius 1 is 1.46 bits per heavy atom. The molecule has 2 heterocycles. The predicted octanol–water partition coefficient (Wildman–Crippen LogP) is 2.44. The molecule has 6 nitrogen and oxygen atoms in total. The van der Waals surface area contributed by atoms with Crippen LogP contribution >= 0.6 is 11.6 Å². The van der Waals surface area contributed by atoms with Crippen LogP contribution in [-0.2, 0) is 16.0 Å². The van der Waals surface area contributed by atoms with Gasteiger partial charge >= 0.3 is 0 Å². The van der Waals surface area contributed by atoms with Gasteiger partial charge in [-0.25, -0.2) is 0 Å². The minimum atomic E-state index is -0.484. The number of hydrogen-bond donors (Lipinski definition) is 0. The topological polar surface area (TPSA) is 66.7 Å². The molecule has 0 saturated carbocycles. The summed E-state index contributed by atoms with van der Waals surface area (Å²) < 4.78 is 4.97. The van der Waals surface area contributed by atoms with Crippen LogP contribution < -0.4 is 4.90 Å². The van der Waals surface area contributed by atoms with Crippen molar-refractivity contribution in [2.24, 2.45) is 0 Å². The summed E-state index contributed by atoms with van der Waals surface area (Å²) in [6, 6.07) is 8.45. The Morgan fingerprint density at radius 2 is 2.21 bits per heavy atom. The second-order valence-electron chi connectivity index (χ2n) is 5.86. The van der Waals surface area contributed by atoms with Crippen molar-refractivity contribution in [1.82, 2.24) is 10.1 Å². The number of halogens is 1. The van der Waals surface area contributed by atoms with Crippen LogP contribution in [0, 0.1) is 6.92 Å². The van der Waals surface area contributed by atoms with Crippen molar-refractivity contribution in [1.29, 1.82) is 0 Å². The molecule has 24 heavy (non-hydrogen) atoms. The molecule has 1 aliphatic heterocycles. The molecule has 0 bridgehead atoms. The number of amides is 2. The summed E-state index contributed by atoms with van der Waals surface area (Å²) >= 11 is 6.18. The lowest BCUT2D eigenvalue weighted by molar-refractivity contribution is -0.136. The summed E-state index contributed by atoms with van der Waals surface area (Å²) in [7, 11) is 1.65. The number of anilines is 1. The molecule has 0 aliphatic carbocycles. The van der Waals surface area contributed by atoms with E-state index in [1.165, 1.54) is 4.90 Å². The number of carbonyl (C=O) groups is 2. The smallest absolute Gasteiger partial charge is 0.249 e. The van der Waals surface area contributed by atoms with Gasteiger partial charge in [-0.2, -0.15) is 0 Å². The molecule has 1 atom stereocenters. The number of benzene rings is 1. The minimum Gasteiger partial charge on any atom is -0.361 e. The fourth-order valence-corrected chi connectivity index (χ4v) is 3.13. The van der Waals surface area contributed by atoms with Crippen LogP contribution in [0.4, 0.5) is 5.69 Å². The molecule has 1 saturated heterocycles. The zero-order chi connectivity index (χ0) is 17.3. The lowest BCUT2D eigenvalue weighted by Crippen LogP contribution is -2.43. The highest BCUT2D eigenvalue weighted by molar-refractivity contribution is 6.34. The van der Waals surface area contributed by atoms with E-state index >= 15 is 0 Å². The van der Waals surface area contributed by atoms with Crippen LogP contribution in [-0.4, -0.2) is 41.5 Å². The third kappa shape index (κ3) is 3.14. The third-order valence-corrected chi connectivity index (χ3v) is 4.51. The monoisotopic (exact) mass is 347 g/mol. The summed E-state index contributed by atoms with van der Waals surface area (Å²) in [6.45, 7) is 2.31. The van der Waals surface area contributed by atoms with Gasteiger partial charge in [0.15, 0.2) is 0 Å². The maximum absolute atomic E-state index is 12.7. The molecule has 0 radical (unpaired) electrons. The molecule has 126 valence electrons. The zero-order valence-electron chi connectivity index (χ0n) is 13.5. The molecule has 0 spiro atoms. The number of para-hydroxylation sites is 1. The lowest BCUT2D eigenvalue weighted by Gasteiger charge is -2.24. The molecule has 2 amide bonds. The largest absolute Gasteiger partial charge is 0.361 e. The van der Waals surface area contributed by atoms with Crippen LogP contribution in [0.1, 0.15) is 17.9 Å². The summed E-state index contributed by atoms with van der Waals surface area (Å²) in [4.78, 5) is 28.2. The normalized spacial score (nSPS) is 17.4. The molecule has 0 N–H and O–H groups in total. The van der Waals surface area contributed by atoms with Gasteiger partial charge in [0.2, 0.25) is 11.8 Å².